The Morgan fingerprint density at radius 3 is 0.667 bits per heavy atom. The Morgan fingerprint density at radius 1 is 0.667 bits per heavy atom. The third-order valence-corrected chi connectivity index (χ3v) is 0. The van der Waals surface area contributed by atoms with Gasteiger partial charge in [0, 0.05) is 0 Å². The minimum atomic E-state index is -6.17. The monoisotopic (exact) mass is 709 g/mol. The fourth-order valence-electron chi connectivity index (χ4n) is 0. The van der Waals surface area contributed by atoms with Crippen LogP contribution in [0.4, 0.5) is 0 Å². The Hall–Kier alpha value is 3.57. The van der Waals surface area contributed by atoms with Crippen molar-refractivity contribution >= 4 is 0 Å². The van der Waals surface area contributed by atoms with Gasteiger partial charge >= 0.3 is 160 Å². The van der Waals surface area contributed by atoms with Crippen LogP contribution in [0, 0.1) is 46.9 Å². The molecule has 0 saturated heterocycles. The summed E-state index contributed by atoms with van der Waals surface area (Å²) in [5, 5.41) is 0. The molecule has 1 radical (unpaired) electrons. The maximum absolute atomic E-state index is 8.65. The summed E-state index contributed by atoms with van der Waals surface area (Å²) >= 11 is -12.3. The molecule has 0 bridgehead atoms. The smallest absolute Gasteiger partial charge is 3.00 e. The summed E-state index contributed by atoms with van der Waals surface area (Å²) in [6, 6.07) is 0. The molecule has 0 aliphatic rings. The van der Waals surface area contributed by atoms with Crippen LogP contribution in [0.3, 0.4) is 0 Å². The molecule has 75 valence electrons. The second-order valence-electron chi connectivity index (χ2n) is 0.816. The molecule has 12 heavy (non-hydrogen) atoms. The van der Waals surface area contributed by atoms with E-state index in [1.54, 1.807) is 0 Å². The SMILES string of the molecule is [K+].[O]=[W](=[O])([O-])[O-].[O]=[W](=[O])([O-])[O-].[Yb+3]. The zero-order valence-electron chi connectivity index (χ0n) is 5.35. The van der Waals surface area contributed by atoms with Crippen LogP contribution in [-0.2, 0) is 47.1 Å². The van der Waals surface area contributed by atoms with E-state index in [-0.39, 0.29) is 98.3 Å². The number of rotatable bonds is 0. The van der Waals surface area contributed by atoms with Crippen LogP contribution < -0.4 is 66.4 Å². The zero-order chi connectivity index (χ0) is 9.00. The number of hydrogen-bond donors (Lipinski definition) is 0. The molecular weight excluding hydrogens is 708 g/mol. The summed E-state index contributed by atoms with van der Waals surface area (Å²) in [4.78, 5) is 0. The summed E-state index contributed by atoms with van der Waals surface area (Å²) in [7, 11) is 0. The van der Waals surface area contributed by atoms with Gasteiger partial charge < -0.3 is 0 Å². The minimum Gasteiger partial charge on any atom is 3.00 e. The predicted molar refractivity (Wildman–Crippen MR) is 2.75 cm³/mol. The van der Waals surface area contributed by atoms with Crippen LogP contribution in [-0.4, -0.2) is 0 Å². The van der Waals surface area contributed by atoms with Crippen LogP contribution in [0.25, 0.3) is 0 Å². The normalized spacial score (nSPS) is 9.67. The van der Waals surface area contributed by atoms with Crippen molar-refractivity contribution in [3.63, 3.8) is 0 Å². The zero-order valence-corrected chi connectivity index (χ0v) is 16.1. The fourth-order valence-corrected chi connectivity index (χ4v) is 0. The molecule has 0 fully saturated rings. The van der Waals surface area contributed by atoms with Crippen LogP contribution >= 0.6 is 0 Å². The molecule has 8 nitrogen and oxygen atoms in total. The van der Waals surface area contributed by atoms with Crippen molar-refractivity contribution in [1.82, 2.24) is 0 Å². The molecule has 0 spiro atoms. The van der Waals surface area contributed by atoms with Crippen molar-refractivity contribution in [2.75, 3.05) is 0 Å². The third-order valence-electron chi connectivity index (χ3n) is 0. The summed E-state index contributed by atoms with van der Waals surface area (Å²) in [5.41, 5.74) is 0. The van der Waals surface area contributed by atoms with E-state index in [4.69, 9.17) is 28.6 Å². The molecule has 12 heteroatoms. The van der Waals surface area contributed by atoms with Gasteiger partial charge in [0.25, 0.3) is 0 Å². The minimum absolute atomic E-state index is 0. The second-order valence-corrected chi connectivity index (χ2v) is 6.68. The molecule has 0 aromatic heterocycles. The molecule has 0 amide bonds. The van der Waals surface area contributed by atoms with Crippen molar-refractivity contribution in [1.29, 1.82) is 0 Å². The number of hydrogen-bond acceptors (Lipinski definition) is 8. The molecular formula is KO8W2Yb. The molecule has 0 rings (SSSR count). The van der Waals surface area contributed by atoms with E-state index in [1.807, 2.05) is 0 Å². The molecule has 0 aromatic carbocycles. The Morgan fingerprint density at radius 2 is 0.667 bits per heavy atom. The summed E-state index contributed by atoms with van der Waals surface area (Å²) in [6.45, 7) is 0. The van der Waals surface area contributed by atoms with Crippen molar-refractivity contribution < 1.29 is 160 Å². The van der Waals surface area contributed by atoms with E-state index < -0.39 is 33.5 Å². The molecule has 0 saturated carbocycles. The molecule has 0 heterocycles. The van der Waals surface area contributed by atoms with Gasteiger partial charge in [-0.3, -0.25) is 0 Å². The van der Waals surface area contributed by atoms with E-state index in [1.165, 1.54) is 0 Å². The quantitative estimate of drug-likeness (QED) is 0.225. The van der Waals surface area contributed by atoms with Crippen LogP contribution in [0.2, 0.25) is 0 Å². The van der Waals surface area contributed by atoms with E-state index in [2.05, 4.69) is 0 Å². The van der Waals surface area contributed by atoms with Gasteiger partial charge in [0.05, 0.1) is 0 Å². The molecule has 0 atom stereocenters. The van der Waals surface area contributed by atoms with Gasteiger partial charge in [-0.2, -0.15) is 0 Å². The van der Waals surface area contributed by atoms with Crippen molar-refractivity contribution in [3.05, 3.63) is 0 Å². The first-order valence-corrected chi connectivity index (χ1v) is 10.9. The van der Waals surface area contributed by atoms with Gasteiger partial charge in [0.2, 0.25) is 0 Å². The van der Waals surface area contributed by atoms with Gasteiger partial charge in [0.1, 0.15) is 0 Å². The van der Waals surface area contributed by atoms with Gasteiger partial charge in [-0.15, -0.1) is 0 Å². The van der Waals surface area contributed by atoms with Crippen molar-refractivity contribution in [2.24, 2.45) is 0 Å². The fraction of sp³-hybridized carbons (Fsp3) is 0. The third kappa shape index (κ3) is 168. The average Bonchev–Trinajstić information content (AvgIpc) is 1.12. The topological polar surface area (TPSA) is 161 Å². The first-order valence-electron chi connectivity index (χ1n) is 1.33. The van der Waals surface area contributed by atoms with E-state index in [9.17, 15) is 0 Å². The average molecular weight is 708 g/mol. The van der Waals surface area contributed by atoms with Gasteiger partial charge in [-0.05, 0) is 0 Å². The Kier molecular flexibility index (Phi) is 22.8. The predicted octanol–water partition coefficient (Wildman–Crippen LogP) is -8.23. The van der Waals surface area contributed by atoms with Crippen molar-refractivity contribution in [2.45, 2.75) is 0 Å². The molecule has 0 unspecified atom stereocenters. The van der Waals surface area contributed by atoms with Gasteiger partial charge in [0.15, 0.2) is 0 Å². The Labute approximate surface area is 156 Å². The van der Waals surface area contributed by atoms with E-state index in [0.717, 1.165) is 0 Å². The Balaban J connectivity index is -0.0000000457. The molecule has 0 N–H and O–H groups in total. The van der Waals surface area contributed by atoms with Crippen LogP contribution in [0.15, 0.2) is 0 Å². The first-order chi connectivity index (χ1) is 4.00. The second kappa shape index (κ2) is 11.1. The van der Waals surface area contributed by atoms with Crippen LogP contribution in [0.5, 0.6) is 0 Å². The summed E-state index contributed by atoms with van der Waals surface area (Å²) in [6.07, 6.45) is 0. The maximum Gasteiger partial charge on any atom is 3.00 e. The first kappa shape index (κ1) is 24.7. The van der Waals surface area contributed by atoms with Gasteiger partial charge in [-0.25, -0.2) is 0 Å². The Bertz CT molecular complexity index is 213. The largest absolute Gasteiger partial charge is 3.00 e. The van der Waals surface area contributed by atoms with Crippen LogP contribution in [0.1, 0.15) is 0 Å². The standard InChI is InChI=1S/K.8O.2W.Yb/q+1;;;;;4*-1;;;+3. The summed E-state index contributed by atoms with van der Waals surface area (Å²) in [5.74, 6) is 0. The molecule has 0 aliphatic carbocycles. The van der Waals surface area contributed by atoms with E-state index >= 15 is 0 Å². The van der Waals surface area contributed by atoms with E-state index in [0.29, 0.717) is 0 Å². The molecule has 0 aliphatic heterocycles. The molecule has 0 aromatic rings. The summed E-state index contributed by atoms with van der Waals surface area (Å²) < 4.78 is 69.2. The maximum atomic E-state index is 8.65. The van der Waals surface area contributed by atoms with Gasteiger partial charge in [-0.1, -0.05) is 0 Å². The van der Waals surface area contributed by atoms with Crippen molar-refractivity contribution in [3.8, 4) is 0 Å².